The highest BCUT2D eigenvalue weighted by molar-refractivity contribution is 7.00. The molecule has 0 radical (unpaired) electrons. The van der Waals surface area contributed by atoms with Crippen LogP contribution in [-0.4, -0.2) is 6.71 Å². The van der Waals surface area contributed by atoms with E-state index in [9.17, 15) is 0 Å². The summed E-state index contributed by atoms with van der Waals surface area (Å²) in [6.45, 7) is 2.18. The topological polar surface area (TPSA) is 15.7 Å². The fourth-order valence-electron chi connectivity index (χ4n) is 7.30. The van der Waals surface area contributed by atoms with Crippen LogP contribution in [0.3, 0.4) is 0 Å². The quantitative estimate of drug-likeness (QED) is 0.195. The van der Waals surface area contributed by atoms with Gasteiger partial charge in [0.05, 0.1) is 5.69 Å². The molecule has 2 heterocycles. The zero-order chi connectivity index (χ0) is 29.9. The van der Waals surface area contributed by atoms with E-state index in [1.54, 1.807) is 0 Å². The number of anilines is 6. The van der Waals surface area contributed by atoms with E-state index in [0.29, 0.717) is 0 Å². The molecule has 45 heavy (non-hydrogen) atoms. The number of aryl methyl sites for hydroxylation is 1. The molecule has 4 heteroatoms. The summed E-state index contributed by atoms with van der Waals surface area (Å²) in [5, 5.41) is 2.39. The first-order valence-corrected chi connectivity index (χ1v) is 15.5. The molecule has 0 saturated heterocycles. The maximum absolute atomic E-state index is 7.02. The van der Waals surface area contributed by atoms with Gasteiger partial charge in [-0.2, -0.15) is 0 Å². The number of ether oxygens (including phenoxy) is 1. The maximum Gasteiger partial charge on any atom is 0.257 e. The summed E-state index contributed by atoms with van der Waals surface area (Å²) in [6, 6.07) is 56.3. The van der Waals surface area contributed by atoms with Crippen molar-refractivity contribution in [2.75, 3.05) is 9.80 Å². The largest absolute Gasteiger partial charge is 0.458 e. The van der Waals surface area contributed by atoms with Crippen molar-refractivity contribution < 1.29 is 4.74 Å². The third-order valence-corrected chi connectivity index (χ3v) is 9.10. The van der Waals surface area contributed by atoms with Crippen molar-refractivity contribution in [2.24, 2.45) is 0 Å². The van der Waals surface area contributed by atoms with Crippen LogP contribution in [0.15, 0.2) is 158 Å². The van der Waals surface area contributed by atoms with Crippen molar-refractivity contribution in [2.45, 2.75) is 6.92 Å². The van der Waals surface area contributed by atoms with Gasteiger partial charge in [0.2, 0.25) is 0 Å². The van der Waals surface area contributed by atoms with E-state index in [4.69, 9.17) is 4.74 Å². The van der Waals surface area contributed by atoms with Crippen LogP contribution in [0.25, 0.3) is 10.8 Å². The normalized spacial score (nSPS) is 12.6. The smallest absolute Gasteiger partial charge is 0.257 e. The predicted molar refractivity (Wildman–Crippen MR) is 189 cm³/mol. The highest BCUT2D eigenvalue weighted by atomic mass is 16.5. The predicted octanol–water partition coefficient (Wildman–Crippen LogP) is 9.02. The molecular formula is C41H29BN2O. The van der Waals surface area contributed by atoms with E-state index >= 15 is 0 Å². The highest BCUT2D eigenvalue weighted by Gasteiger charge is 2.43. The van der Waals surface area contributed by atoms with Crippen molar-refractivity contribution in [3.05, 3.63) is 163 Å². The van der Waals surface area contributed by atoms with Crippen LogP contribution in [0.5, 0.6) is 11.5 Å². The number of rotatable bonds is 4. The Bertz CT molecular complexity index is 2180. The lowest BCUT2D eigenvalue weighted by Crippen LogP contribution is -2.59. The summed E-state index contributed by atoms with van der Waals surface area (Å²) in [6.07, 6.45) is 0. The van der Waals surface area contributed by atoms with Crippen LogP contribution in [0.4, 0.5) is 34.1 Å². The van der Waals surface area contributed by atoms with Crippen LogP contribution in [-0.2, 0) is 0 Å². The number of para-hydroxylation sites is 4. The number of nitrogens with zero attached hydrogens (tertiary/aromatic N) is 2. The minimum atomic E-state index is 0.0244. The number of benzene rings is 7. The fourth-order valence-corrected chi connectivity index (χ4v) is 7.30. The molecular weight excluding hydrogens is 547 g/mol. The second kappa shape index (κ2) is 10.2. The third kappa shape index (κ3) is 3.99. The summed E-state index contributed by atoms with van der Waals surface area (Å²) >= 11 is 0. The van der Waals surface area contributed by atoms with Gasteiger partial charge in [-0.25, -0.2) is 0 Å². The maximum atomic E-state index is 7.02. The Morgan fingerprint density at radius 3 is 1.82 bits per heavy atom. The van der Waals surface area contributed by atoms with E-state index < -0.39 is 0 Å². The van der Waals surface area contributed by atoms with Gasteiger partial charge in [-0.15, -0.1) is 0 Å². The zero-order valence-corrected chi connectivity index (χ0v) is 24.9. The summed E-state index contributed by atoms with van der Waals surface area (Å²) in [5.41, 5.74) is 11.7. The zero-order valence-electron chi connectivity index (χ0n) is 24.9. The minimum absolute atomic E-state index is 0.0244. The molecule has 212 valence electrons. The van der Waals surface area contributed by atoms with E-state index in [2.05, 4.69) is 174 Å². The molecule has 0 aliphatic carbocycles. The molecule has 0 amide bonds. The summed E-state index contributed by atoms with van der Waals surface area (Å²) in [4.78, 5) is 4.74. The second-order valence-corrected chi connectivity index (χ2v) is 11.8. The Kier molecular flexibility index (Phi) is 5.82. The molecule has 2 aliphatic heterocycles. The lowest BCUT2D eigenvalue weighted by atomic mass is 9.33. The van der Waals surface area contributed by atoms with Gasteiger partial charge in [0, 0.05) is 39.9 Å². The third-order valence-electron chi connectivity index (χ3n) is 9.10. The van der Waals surface area contributed by atoms with Crippen LogP contribution >= 0.6 is 0 Å². The molecule has 0 unspecified atom stereocenters. The van der Waals surface area contributed by atoms with E-state index in [-0.39, 0.29) is 6.71 Å². The summed E-state index contributed by atoms with van der Waals surface area (Å²) < 4.78 is 7.02. The minimum Gasteiger partial charge on any atom is -0.458 e. The first-order chi connectivity index (χ1) is 22.3. The molecule has 9 rings (SSSR count). The molecule has 0 bridgehead atoms. The Labute approximate surface area is 263 Å². The van der Waals surface area contributed by atoms with Crippen molar-refractivity contribution >= 4 is 68.0 Å². The number of hydrogen-bond acceptors (Lipinski definition) is 3. The van der Waals surface area contributed by atoms with Gasteiger partial charge in [0.25, 0.3) is 6.71 Å². The monoisotopic (exact) mass is 576 g/mol. The molecule has 7 aromatic carbocycles. The van der Waals surface area contributed by atoms with Gasteiger partial charge >= 0.3 is 0 Å². The molecule has 7 aromatic rings. The van der Waals surface area contributed by atoms with Gasteiger partial charge < -0.3 is 14.5 Å². The van der Waals surface area contributed by atoms with Crippen LogP contribution in [0.2, 0.25) is 0 Å². The van der Waals surface area contributed by atoms with E-state index in [0.717, 1.165) is 34.2 Å². The first kappa shape index (κ1) is 25.7. The molecule has 0 spiro atoms. The average molecular weight is 577 g/mol. The Hall–Kier alpha value is -5.74. The van der Waals surface area contributed by atoms with Crippen molar-refractivity contribution in [1.82, 2.24) is 0 Å². The summed E-state index contributed by atoms with van der Waals surface area (Å²) in [5.74, 6) is 1.82. The number of fused-ring (bicyclic) bond motifs is 6. The van der Waals surface area contributed by atoms with Crippen molar-refractivity contribution in [1.29, 1.82) is 0 Å². The van der Waals surface area contributed by atoms with Crippen molar-refractivity contribution in [3.63, 3.8) is 0 Å². The molecule has 3 nitrogen and oxygen atoms in total. The average Bonchev–Trinajstić information content (AvgIpc) is 3.09. The van der Waals surface area contributed by atoms with E-state index in [1.807, 2.05) is 0 Å². The molecule has 2 aliphatic rings. The Morgan fingerprint density at radius 1 is 0.533 bits per heavy atom. The van der Waals surface area contributed by atoms with E-state index in [1.165, 1.54) is 44.1 Å². The molecule has 0 N–H and O–H groups in total. The van der Waals surface area contributed by atoms with Crippen molar-refractivity contribution in [3.8, 4) is 11.5 Å². The van der Waals surface area contributed by atoms with Gasteiger partial charge in [0.1, 0.15) is 11.5 Å². The summed E-state index contributed by atoms with van der Waals surface area (Å²) in [7, 11) is 0. The Morgan fingerprint density at radius 2 is 1.11 bits per heavy atom. The van der Waals surface area contributed by atoms with Gasteiger partial charge in [0.15, 0.2) is 0 Å². The van der Waals surface area contributed by atoms with Crippen LogP contribution in [0.1, 0.15) is 5.56 Å². The van der Waals surface area contributed by atoms with Crippen LogP contribution < -0.4 is 30.9 Å². The van der Waals surface area contributed by atoms with Crippen LogP contribution in [0, 0.1) is 6.92 Å². The molecule has 0 fully saturated rings. The lowest BCUT2D eigenvalue weighted by molar-refractivity contribution is 0.488. The van der Waals surface area contributed by atoms with Gasteiger partial charge in [-0.05, 0) is 88.9 Å². The Balaban J connectivity index is 1.35. The molecule has 0 saturated carbocycles. The van der Waals surface area contributed by atoms with Gasteiger partial charge in [-0.1, -0.05) is 97.1 Å². The molecule has 0 atom stereocenters. The SMILES string of the molecule is Cc1cc2c3c(c1)N(c1ccccc1)c1ccccc1B3c1c(cc(N(c3ccccc3)c3ccccc3)c3ccccc13)O2. The standard InChI is InChI=1S/C41H29BN2O/c1-28-25-37-41-38(26-28)45-39-27-36(43(29-15-5-2-6-16-29)30-17-7-3-8-18-30)32-21-11-12-22-33(32)40(39)42(41)34-23-13-14-24-35(34)44(37)31-19-9-4-10-20-31/h2-27H,1H3. The fraction of sp³-hybridized carbons (Fsp3) is 0.0244. The number of hydrogen-bond donors (Lipinski definition) is 0. The lowest BCUT2D eigenvalue weighted by Gasteiger charge is -2.41. The second-order valence-electron chi connectivity index (χ2n) is 11.8. The molecule has 0 aromatic heterocycles. The van der Waals surface area contributed by atoms with Gasteiger partial charge in [-0.3, -0.25) is 0 Å². The first-order valence-electron chi connectivity index (χ1n) is 15.5. The highest BCUT2D eigenvalue weighted by Crippen LogP contribution is 2.45.